The predicted octanol–water partition coefficient (Wildman–Crippen LogP) is 1.61. The number of carbonyl (C=O) groups excluding carboxylic acids is 1. The Labute approximate surface area is 121 Å². The lowest BCUT2D eigenvalue weighted by Crippen LogP contribution is -2.50. The third-order valence-corrected chi connectivity index (χ3v) is 5.23. The average molecular weight is 296 g/mol. The zero-order valence-corrected chi connectivity index (χ0v) is 12.9. The lowest BCUT2D eigenvalue weighted by molar-refractivity contribution is 0.0526. The minimum Gasteiger partial charge on any atom is -0.462 e. The van der Waals surface area contributed by atoms with Crippen LogP contribution >= 0.6 is 0 Å². The van der Waals surface area contributed by atoms with Crippen molar-refractivity contribution in [2.75, 3.05) is 30.3 Å². The molecule has 2 heterocycles. The molecule has 1 aromatic rings. The van der Waals surface area contributed by atoms with Crippen molar-refractivity contribution in [2.24, 2.45) is 0 Å². The molecular weight excluding hydrogens is 276 g/mol. The number of ether oxygens (including phenoxy) is 1. The summed E-state index contributed by atoms with van der Waals surface area (Å²) >= 11 is 0. The number of pyridine rings is 1. The first kappa shape index (κ1) is 15.0. The number of hydrogen-bond acceptors (Lipinski definition) is 5. The Bertz CT molecular complexity index is 531. The lowest BCUT2D eigenvalue weighted by Gasteiger charge is -2.38. The molecule has 0 N–H and O–H groups in total. The molecule has 0 aliphatic carbocycles. The van der Waals surface area contributed by atoms with E-state index in [1.54, 1.807) is 25.3 Å². The van der Waals surface area contributed by atoms with Crippen LogP contribution in [0, 0.1) is 0 Å². The quantitative estimate of drug-likeness (QED) is 0.793. The van der Waals surface area contributed by atoms with Crippen molar-refractivity contribution in [3.05, 3.63) is 23.9 Å². The van der Waals surface area contributed by atoms with Crippen LogP contribution in [-0.2, 0) is 15.5 Å². The highest BCUT2D eigenvalue weighted by Gasteiger charge is 2.35. The normalized spacial score (nSPS) is 21.6. The molecule has 0 saturated carbocycles. The van der Waals surface area contributed by atoms with Gasteiger partial charge in [0, 0.05) is 35.8 Å². The van der Waals surface area contributed by atoms with Gasteiger partial charge >= 0.3 is 5.97 Å². The van der Waals surface area contributed by atoms with E-state index < -0.39 is 10.8 Å². The molecule has 1 fully saturated rings. The van der Waals surface area contributed by atoms with Gasteiger partial charge < -0.3 is 9.64 Å². The summed E-state index contributed by atoms with van der Waals surface area (Å²) in [6.45, 7) is 7.32. The smallest absolute Gasteiger partial charge is 0.341 e. The first-order valence-corrected chi connectivity index (χ1v) is 8.03. The number of anilines is 1. The van der Waals surface area contributed by atoms with Gasteiger partial charge in [0.2, 0.25) is 0 Å². The average Bonchev–Trinajstić information content (AvgIpc) is 2.42. The molecule has 1 saturated heterocycles. The zero-order chi connectivity index (χ0) is 14.8. The Balaban J connectivity index is 2.29. The van der Waals surface area contributed by atoms with Crippen LogP contribution in [0.3, 0.4) is 0 Å². The van der Waals surface area contributed by atoms with Gasteiger partial charge in [-0.1, -0.05) is 0 Å². The maximum Gasteiger partial charge on any atom is 0.341 e. The van der Waals surface area contributed by atoms with E-state index in [-0.39, 0.29) is 10.7 Å². The largest absolute Gasteiger partial charge is 0.462 e. The summed E-state index contributed by atoms with van der Waals surface area (Å²) in [6.07, 6.45) is 1.66. The van der Waals surface area contributed by atoms with Crippen molar-refractivity contribution in [1.29, 1.82) is 0 Å². The Morgan fingerprint density at radius 1 is 1.55 bits per heavy atom. The van der Waals surface area contributed by atoms with Crippen molar-refractivity contribution in [3.8, 4) is 0 Å². The fourth-order valence-electron chi connectivity index (χ4n) is 2.28. The third-order valence-electron chi connectivity index (χ3n) is 3.32. The Morgan fingerprint density at radius 3 is 2.95 bits per heavy atom. The highest BCUT2D eigenvalue weighted by molar-refractivity contribution is 7.86. The van der Waals surface area contributed by atoms with Crippen LogP contribution < -0.4 is 4.90 Å². The summed E-state index contributed by atoms with van der Waals surface area (Å²) in [6, 6.07) is 3.45. The topological polar surface area (TPSA) is 59.5 Å². The molecule has 2 rings (SSSR count). The molecule has 0 aromatic carbocycles. The Hall–Kier alpha value is -1.43. The van der Waals surface area contributed by atoms with E-state index in [0.717, 1.165) is 0 Å². The van der Waals surface area contributed by atoms with Gasteiger partial charge in [-0.15, -0.1) is 0 Å². The minimum atomic E-state index is -0.851. The van der Waals surface area contributed by atoms with Crippen molar-refractivity contribution in [2.45, 2.75) is 25.5 Å². The van der Waals surface area contributed by atoms with Gasteiger partial charge in [-0.2, -0.15) is 0 Å². The summed E-state index contributed by atoms with van der Waals surface area (Å²) in [4.78, 5) is 18.3. The third kappa shape index (κ3) is 3.00. The van der Waals surface area contributed by atoms with Gasteiger partial charge in [-0.05, 0) is 32.9 Å². The van der Waals surface area contributed by atoms with Gasteiger partial charge in [-0.25, -0.2) is 9.78 Å². The number of esters is 1. The second-order valence-electron chi connectivity index (χ2n) is 5.33. The Morgan fingerprint density at radius 2 is 2.30 bits per heavy atom. The van der Waals surface area contributed by atoms with E-state index in [9.17, 15) is 9.00 Å². The maximum atomic E-state index is 12.0. The van der Waals surface area contributed by atoms with Crippen LogP contribution in [0.1, 0.15) is 31.1 Å². The fourth-order valence-corrected chi connectivity index (χ4v) is 3.52. The molecule has 1 aromatic heterocycles. The number of nitrogens with zero attached hydrogens (tertiary/aromatic N) is 2. The van der Waals surface area contributed by atoms with Crippen LogP contribution in [0.25, 0.3) is 0 Å². The maximum absolute atomic E-state index is 12.0. The number of hydrogen-bond donors (Lipinski definition) is 0. The van der Waals surface area contributed by atoms with Gasteiger partial charge in [-0.3, -0.25) is 4.21 Å². The van der Waals surface area contributed by atoms with E-state index in [0.29, 0.717) is 36.8 Å². The van der Waals surface area contributed by atoms with Crippen molar-refractivity contribution < 1.29 is 13.7 Å². The minimum absolute atomic E-state index is 0.304. The molecule has 1 atom stereocenters. The summed E-state index contributed by atoms with van der Waals surface area (Å²) < 4.78 is 16.7. The Kier molecular flexibility index (Phi) is 4.42. The number of aromatic nitrogens is 1. The number of rotatable bonds is 3. The monoisotopic (exact) mass is 296 g/mol. The molecule has 0 unspecified atom stereocenters. The van der Waals surface area contributed by atoms with Gasteiger partial charge in [0.05, 0.1) is 11.4 Å². The fraction of sp³-hybridized carbons (Fsp3) is 0.571. The summed E-state index contributed by atoms with van der Waals surface area (Å²) in [5.74, 6) is 0.849. The molecule has 0 amide bonds. The summed E-state index contributed by atoms with van der Waals surface area (Å²) in [5.41, 5.74) is 0.470. The summed E-state index contributed by atoms with van der Waals surface area (Å²) in [7, 11) is -0.851. The van der Waals surface area contributed by atoms with Gasteiger partial charge in [0.25, 0.3) is 0 Å². The highest BCUT2D eigenvalue weighted by Crippen LogP contribution is 2.26. The van der Waals surface area contributed by atoms with Crippen LogP contribution in [0.2, 0.25) is 0 Å². The molecule has 1 aliphatic heterocycles. The first-order chi connectivity index (χ1) is 9.45. The van der Waals surface area contributed by atoms with Crippen LogP contribution in [-0.4, -0.2) is 45.4 Å². The van der Waals surface area contributed by atoms with Gasteiger partial charge in [0.15, 0.2) is 0 Å². The van der Waals surface area contributed by atoms with Crippen LogP contribution in [0.5, 0.6) is 0 Å². The molecule has 5 nitrogen and oxygen atoms in total. The van der Waals surface area contributed by atoms with Gasteiger partial charge in [0.1, 0.15) is 11.4 Å². The van der Waals surface area contributed by atoms with Crippen LogP contribution in [0.4, 0.5) is 5.82 Å². The van der Waals surface area contributed by atoms with Crippen molar-refractivity contribution >= 4 is 22.6 Å². The molecule has 1 aliphatic rings. The summed E-state index contributed by atoms with van der Waals surface area (Å²) in [5, 5.41) is 0. The molecule has 0 spiro atoms. The van der Waals surface area contributed by atoms with E-state index in [1.807, 2.05) is 18.7 Å². The van der Waals surface area contributed by atoms with E-state index in [2.05, 4.69) is 4.98 Å². The molecule has 0 bridgehead atoms. The molecule has 0 radical (unpaired) electrons. The molecule has 110 valence electrons. The second-order valence-corrected chi connectivity index (χ2v) is 7.53. The second kappa shape index (κ2) is 5.91. The highest BCUT2D eigenvalue weighted by atomic mass is 32.2. The predicted molar refractivity (Wildman–Crippen MR) is 79.5 cm³/mol. The molecular formula is C14H20N2O3S. The SMILES string of the molecule is CCOC(=O)c1cccnc1N1CC[S@@](=O)C(C)(C)C1. The first-order valence-electron chi connectivity index (χ1n) is 6.71. The lowest BCUT2D eigenvalue weighted by atomic mass is 10.1. The molecule has 20 heavy (non-hydrogen) atoms. The van der Waals surface area contributed by atoms with Crippen molar-refractivity contribution in [3.63, 3.8) is 0 Å². The van der Waals surface area contributed by atoms with Crippen molar-refractivity contribution in [1.82, 2.24) is 4.98 Å². The van der Waals surface area contributed by atoms with E-state index in [1.165, 1.54) is 0 Å². The zero-order valence-electron chi connectivity index (χ0n) is 12.1. The van der Waals surface area contributed by atoms with E-state index in [4.69, 9.17) is 4.74 Å². The van der Waals surface area contributed by atoms with E-state index >= 15 is 0 Å². The number of carbonyl (C=O) groups is 1. The van der Waals surface area contributed by atoms with Crippen LogP contribution in [0.15, 0.2) is 18.3 Å². The molecule has 6 heteroatoms. The standard InChI is InChI=1S/C14H20N2O3S/c1-4-19-13(17)11-6-5-7-15-12(11)16-8-9-20(18)14(2,3)10-16/h5-7H,4,8-10H2,1-3H3/t20-/m1/s1.